The first-order valence-electron chi connectivity index (χ1n) is 6.04. The number of hydrogen-bond donors (Lipinski definition) is 2. The van der Waals surface area contributed by atoms with Crippen molar-refractivity contribution in [3.8, 4) is 0 Å². The maximum Gasteiger partial charge on any atom is 0.0584 e. The Bertz CT molecular complexity index is 156. The van der Waals surface area contributed by atoms with Crippen molar-refractivity contribution in [2.24, 2.45) is 11.8 Å². The summed E-state index contributed by atoms with van der Waals surface area (Å²) >= 11 is 0. The van der Waals surface area contributed by atoms with Gasteiger partial charge in [-0.05, 0) is 37.5 Å². The molecule has 1 aliphatic carbocycles. The molecule has 0 bridgehead atoms. The molecular weight excluding hydrogens is 174 g/mol. The molecule has 0 amide bonds. The van der Waals surface area contributed by atoms with Gasteiger partial charge < -0.3 is 10.4 Å². The maximum absolute atomic E-state index is 9.11. The molecule has 4 atom stereocenters. The fraction of sp³-hybridized carbons (Fsp3) is 1.00. The Kier molecular flexibility index (Phi) is 4.90. The second-order valence-corrected chi connectivity index (χ2v) is 4.92. The number of nitrogens with one attached hydrogen (secondary N) is 1. The van der Waals surface area contributed by atoms with Crippen molar-refractivity contribution in [3.63, 3.8) is 0 Å². The minimum Gasteiger partial charge on any atom is -0.395 e. The van der Waals surface area contributed by atoms with Gasteiger partial charge >= 0.3 is 0 Å². The van der Waals surface area contributed by atoms with Crippen LogP contribution < -0.4 is 5.32 Å². The first-order valence-corrected chi connectivity index (χ1v) is 6.04. The quantitative estimate of drug-likeness (QED) is 0.727. The summed E-state index contributed by atoms with van der Waals surface area (Å²) in [4.78, 5) is 0. The molecule has 1 fully saturated rings. The topological polar surface area (TPSA) is 32.3 Å². The lowest BCUT2D eigenvalue weighted by Gasteiger charge is -2.34. The van der Waals surface area contributed by atoms with Gasteiger partial charge in [-0.25, -0.2) is 0 Å². The van der Waals surface area contributed by atoms with Crippen molar-refractivity contribution in [1.82, 2.24) is 5.32 Å². The lowest BCUT2D eigenvalue weighted by molar-refractivity contribution is 0.180. The molecule has 0 radical (unpaired) electrons. The fourth-order valence-corrected chi connectivity index (χ4v) is 2.33. The van der Waals surface area contributed by atoms with Gasteiger partial charge in [0.25, 0.3) is 0 Å². The Morgan fingerprint density at radius 3 is 2.50 bits per heavy atom. The number of hydrogen-bond acceptors (Lipinski definition) is 2. The number of aliphatic hydroxyl groups excluding tert-OH is 1. The van der Waals surface area contributed by atoms with E-state index in [1.165, 1.54) is 19.3 Å². The summed E-state index contributed by atoms with van der Waals surface area (Å²) in [5.41, 5.74) is 0. The van der Waals surface area contributed by atoms with E-state index in [2.05, 4.69) is 26.1 Å². The fourth-order valence-electron chi connectivity index (χ4n) is 2.33. The average Bonchev–Trinajstić information content (AvgIpc) is 2.19. The van der Waals surface area contributed by atoms with Crippen LogP contribution in [-0.2, 0) is 0 Å². The molecule has 0 saturated heterocycles. The summed E-state index contributed by atoms with van der Waals surface area (Å²) in [5.74, 6) is 1.71. The molecule has 1 rings (SSSR count). The summed E-state index contributed by atoms with van der Waals surface area (Å²) < 4.78 is 0. The molecule has 0 heterocycles. The molecule has 2 heteroatoms. The van der Waals surface area contributed by atoms with Crippen LogP contribution >= 0.6 is 0 Å². The van der Waals surface area contributed by atoms with Gasteiger partial charge in [0.2, 0.25) is 0 Å². The molecule has 1 saturated carbocycles. The van der Waals surface area contributed by atoms with E-state index in [9.17, 15) is 0 Å². The minimum absolute atomic E-state index is 0.275. The van der Waals surface area contributed by atoms with E-state index in [1.807, 2.05) is 0 Å². The third-order valence-electron chi connectivity index (χ3n) is 3.78. The molecule has 1 aliphatic rings. The minimum atomic E-state index is 0.275. The summed E-state index contributed by atoms with van der Waals surface area (Å²) in [6, 6.07) is 0.943. The van der Waals surface area contributed by atoms with Gasteiger partial charge in [0.1, 0.15) is 0 Å². The lowest BCUT2D eigenvalue weighted by atomic mass is 9.79. The van der Waals surface area contributed by atoms with Crippen LogP contribution in [0.3, 0.4) is 0 Å². The number of rotatable bonds is 4. The molecular formula is C12H25NO. The van der Waals surface area contributed by atoms with Crippen molar-refractivity contribution in [2.45, 2.75) is 58.5 Å². The van der Waals surface area contributed by atoms with Crippen molar-refractivity contribution in [1.29, 1.82) is 0 Å². The van der Waals surface area contributed by atoms with Gasteiger partial charge in [0.05, 0.1) is 6.61 Å². The normalized spacial score (nSPS) is 35.6. The van der Waals surface area contributed by atoms with E-state index in [-0.39, 0.29) is 6.61 Å². The highest BCUT2D eigenvalue weighted by molar-refractivity contribution is 4.82. The van der Waals surface area contributed by atoms with Crippen LogP contribution in [0.15, 0.2) is 0 Å². The van der Waals surface area contributed by atoms with Crippen LogP contribution in [0.2, 0.25) is 0 Å². The van der Waals surface area contributed by atoms with Crippen LogP contribution in [0.5, 0.6) is 0 Å². The standard InChI is InChI=1S/C12H25NO/c1-4-11(8-14)13-12-6-5-9(2)10(3)7-12/h9-14H,4-8H2,1-3H3/t9-,10+,11-,12-/m1/s1. The zero-order valence-corrected chi connectivity index (χ0v) is 9.79. The highest BCUT2D eigenvalue weighted by Gasteiger charge is 2.25. The Hall–Kier alpha value is -0.0800. The molecule has 0 aromatic carbocycles. The maximum atomic E-state index is 9.11. The zero-order chi connectivity index (χ0) is 10.6. The largest absolute Gasteiger partial charge is 0.395 e. The smallest absolute Gasteiger partial charge is 0.0584 e. The molecule has 2 N–H and O–H groups in total. The van der Waals surface area contributed by atoms with E-state index < -0.39 is 0 Å². The van der Waals surface area contributed by atoms with E-state index >= 15 is 0 Å². The molecule has 0 unspecified atom stereocenters. The summed E-state index contributed by atoms with van der Waals surface area (Å²) in [5, 5.41) is 12.7. The van der Waals surface area contributed by atoms with Gasteiger partial charge in [-0.3, -0.25) is 0 Å². The van der Waals surface area contributed by atoms with E-state index in [0.717, 1.165) is 18.3 Å². The predicted molar refractivity (Wildman–Crippen MR) is 60.3 cm³/mol. The van der Waals surface area contributed by atoms with Crippen molar-refractivity contribution < 1.29 is 5.11 Å². The zero-order valence-electron chi connectivity index (χ0n) is 9.79. The molecule has 0 spiro atoms. The molecule has 2 nitrogen and oxygen atoms in total. The Balaban J connectivity index is 2.32. The van der Waals surface area contributed by atoms with Crippen LogP contribution in [-0.4, -0.2) is 23.8 Å². The molecule has 0 aromatic rings. The van der Waals surface area contributed by atoms with Gasteiger partial charge in [0.15, 0.2) is 0 Å². The van der Waals surface area contributed by atoms with Gasteiger partial charge in [-0.2, -0.15) is 0 Å². The lowest BCUT2D eigenvalue weighted by Crippen LogP contribution is -2.43. The van der Waals surface area contributed by atoms with E-state index in [1.54, 1.807) is 0 Å². The van der Waals surface area contributed by atoms with E-state index in [4.69, 9.17) is 5.11 Å². The van der Waals surface area contributed by atoms with Gasteiger partial charge in [0, 0.05) is 12.1 Å². The van der Waals surface area contributed by atoms with Crippen molar-refractivity contribution in [2.75, 3.05) is 6.61 Å². The van der Waals surface area contributed by atoms with Gasteiger partial charge in [-0.15, -0.1) is 0 Å². The first kappa shape index (κ1) is 12.0. The summed E-state index contributed by atoms with van der Waals surface area (Å²) in [6.45, 7) is 7.10. The Morgan fingerprint density at radius 2 is 2.00 bits per heavy atom. The second kappa shape index (κ2) is 5.72. The van der Waals surface area contributed by atoms with Crippen molar-refractivity contribution in [3.05, 3.63) is 0 Å². The molecule has 84 valence electrons. The average molecular weight is 199 g/mol. The van der Waals surface area contributed by atoms with E-state index in [0.29, 0.717) is 12.1 Å². The highest BCUT2D eigenvalue weighted by Crippen LogP contribution is 2.29. The molecule has 0 aliphatic heterocycles. The highest BCUT2D eigenvalue weighted by atomic mass is 16.3. The summed E-state index contributed by atoms with van der Waals surface area (Å²) in [7, 11) is 0. The first-order chi connectivity index (χ1) is 6.67. The van der Waals surface area contributed by atoms with Gasteiger partial charge in [-0.1, -0.05) is 20.8 Å². The number of aliphatic hydroxyl groups is 1. The SMILES string of the molecule is CC[C@H](CO)N[C@@H]1CC[C@@H](C)[C@@H](C)C1. The van der Waals surface area contributed by atoms with Crippen LogP contribution in [0, 0.1) is 11.8 Å². The van der Waals surface area contributed by atoms with Crippen LogP contribution in [0.25, 0.3) is 0 Å². The molecule has 14 heavy (non-hydrogen) atoms. The van der Waals surface area contributed by atoms with Crippen LogP contribution in [0.4, 0.5) is 0 Å². The predicted octanol–water partition coefficient (Wildman–Crippen LogP) is 2.17. The summed E-state index contributed by atoms with van der Waals surface area (Å²) in [6.07, 6.45) is 4.91. The third-order valence-corrected chi connectivity index (χ3v) is 3.78. The monoisotopic (exact) mass is 199 g/mol. The van der Waals surface area contributed by atoms with Crippen LogP contribution in [0.1, 0.15) is 46.5 Å². The van der Waals surface area contributed by atoms with Crippen molar-refractivity contribution >= 4 is 0 Å². The Labute approximate surface area is 88.1 Å². The molecule has 0 aromatic heterocycles. The third kappa shape index (κ3) is 3.25. The Morgan fingerprint density at radius 1 is 1.29 bits per heavy atom. The second-order valence-electron chi connectivity index (χ2n) is 4.92.